The highest BCUT2D eigenvalue weighted by Crippen LogP contribution is 2.28. The van der Waals surface area contributed by atoms with Gasteiger partial charge in [-0.25, -0.2) is 9.97 Å². The number of amides is 1. The van der Waals surface area contributed by atoms with E-state index in [9.17, 15) is 4.79 Å². The molecule has 138 valence electrons. The third-order valence-electron chi connectivity index (χ3n) is 4.50. The van der Waals surface area contributed by atoms with Crippen molar-refractivity contribution in [2.75, 3.05) is 5.32 Å². The second-order valence-electron chi connectivity index (χ2n) is 6.44. The molecule has 0 unspecified atom stereocenters. The average Bonchev–Trinajstić information content (AvgIpc) is 3.24. The number of nitrogens with one attached hydrogen (secondary N) is 1. The topological polar surface area (TPSA) is 80.9 Å². The summed E-state index contributed by atoms with van der Waals surface area (Å²) in [5, 5.41) is 2.82. The van der Waals surface area contributed by atoms with Crippen molar-refractivity contribution in [3.05, 3.63) is 84.1 Å². The number of nitrogens with zero attached hydrogens (tertiary/aromatic N) is 3. The fraction of sp³-hybridized carbons (Fsp3) is 0.0909. The molecule has 1 amide bonds. The maximum atomic E-state index is 12.4. The van der Waals surface area contributed by atoms with E-state index in [1.807, 2.05) is 38.1 Å². The Kier molecular flexibility index (Phi) is 4.68. The number of aromatic nitrogens is 3. The van der Waals surface area contributed by atoms with Gasteiger partial charge >= 0.3 is 0 Å². The highest BCUT2D eigenvalue weighted by Gasteiger charge is 2.11. The monoisotopic (exact) mass is 370 g/mol. The number of hydrogen-bond acceptors (Lipinski definition) is 5. The van der Waals surface area contributed by atoms with Crippen LogP contribution in [0.2, 0.25) is 0 Å². The Morgan fingerprint density at radius 1 is 0.929 bits per heavy atom. The van der Waals surface area contributed by atoms with Crippen molar-refractivity contribution in [2.24, 2.45) is 0 Å². The Balaban J connectivity index is 1.58. The summed E-state index contributed by atoms with van der Waals surface area (Å²) in [7, 11) is 0. The molecule has 0 aliphatic carbocycles. The van der Waals surface area contributed by atoms with Crippen LogP contribution < -0.4 is 5.32 Å². The van der Waals surface area contributed by atoms with Gasteiger partial charge in [-0.2, -0.15) is 0 Å². The number of pyridine rings is 2. The zero-order valence-corrected chi connectivity index (χ0v) is 15.5. The molecule has 28 heavy (non-hydrogen) atoms. The van der Waals surface area contributed by atoms with Gasteiger partial charge in [0.2, 0.25) is 5.89 Å². The summed E-state index contributed by atoms with van der Waals surface area (Å²) in [5.74, 6) is 0.861. The zero-order chi connectivity index (χ0) is 19.5. The van der Waals surface area contributed by atoms with Crippen molar-refractivity contribution < 1.29 is 9.21 Å². The largest absolute Gasteiger partial charge is 0.445 e. The maximum Gasteiger partial charge on any atom is 0.257 e. The second kappa shape index (κ2) is 7.44. The second-order valence-corrected chi connectivity index (χ2v) is 6.44. The number of rotatable bonds is 4. The molecule has 0 atom stereocenters. The average molecular weight is 370 g/mol. The number of hydrogen-bond donors (Lipinski definition) is 1. The van der Waals surface area contributed by atoms with Crippen LogP contribution in [0, 0.1) is 13.8 Å². The lowest BCUT2D eigenvalue weighted by molar-refractivity contribution is 0.102. The van der Waals surface area contributed by atoms with Crippen LogP contribution in [-0.2, 0) is 0 Å². The third-order valence-corrected chi connectivity index (χ3v) is 4.50. The van der Waals surface area contributed by atoms with Crippen LogP contribution in [0.1, 0.15) is 21.5 Å². The van der Waals surface area contributed by atoms with Gasteiger partial charge in [-0.05, 0) is 60.9 Å². The summed E-state index contributed by atoms with van der Waals surface area (Å²) < 4.78 is 5.39. The van der Waals surface area contributed by atoms with Crippen LogP contribution in [0.15, 0.2) is 71.9 Å². The smallest absolute Gasteiger partial charge is 0.257 e. The van der Waals surface area contributed by atoms with Crippen LogP contribution in [0.25, 0.3) is 22.6 Å². The van der Waals surface area contributed by atoms with Crippen LogP contribution in [-0.4, -0.2) is 20.9 Å². The number of carbonyl (C=O) groups is 1. The molecule has 4 aromatic rings. The lowest BCUT2D eigenvalue weighted by Gasteiger charge is -2.10. The van der Waals surface area contributed by atoms with E-state index in [1.165, 1.54) is 0 Å². The van der Waals surface area contributed by atoms with Crippen molar-refractivity contribution in [3.63, 3.8) is 0 Å². The Bertz CT molecular complexity index is 1120. The highest BCUT2D eigenvalue weighted by atomic mass is 16.3. The molecule has 0 radical (unpaired) electrons. The molecular formula is C22H18N4O2. The molecular weight excluding hydrogens is 352 g/mol. The molecule has 0 aliphatic rings. The van der Waals surface area contributed by atoms with E-state index in [1.54, 1.807) is 43.2 Å². The summed E-state index contributed by atoms with van der Waals surface area (Å²) >= 11 is 0. The number of oxazole rings is 1. The number of aryl methyl sites for hydroxylation is 2. The first-order valence-corrected chi connectivity index (χ1v) is 8.81. The highest BCUT2D eigenvalue weighted by molar-refractivity contribution is 6.04. The molecule has 6 nitrogen and oxygen atoms in total. The lowest BCUT2D eigenvalue weighted by atomic mass is 9.99. The minimum absolute atomic E-state index is 0.206. The van der Waals surface area contributed by atoms with Crippen molar-refractivity contribution in [1.29, 1.82) is 0 Å². The van der Waals surface area contributed by atoms with Crippen LogP contribution in [0.3, 0.4) is 0 Å². The number of anilines is 1. The number of benzene rings is 1. The quantitative estimate of drug-likeness (QED) is 0.565. The Hall–Kier alpha value is -3.80. The van der Waals surface area contributed by atoms with Gasteiger partial charge in [0.15, 0.2) is 0 Å². The van der Waals surface area contributed by atoms with Gasteiger partial charge in [-0.15, -0.1) is 0 Å². The van der Waals surface area contributed by atoms with Crippen molar-refractivity contribution in [1.82, 2.24) is 15.0 Å². The summed E-state index contributed by atoms with van der Waals surface area (Å²) in [6.45, 7) is 3.89. The first kappa shape index (κ1) is 17.6. The van der Waals surface area contributed by atoms with E-state index in [-0.39, 0.29) is 5.91 Å². The minimum atomic E-state index is -0.206. The third kappa shape index (κ3) is 3.53. The molecule has 3 heterocycles. The molecule has 1 aromatic carbocycles. The van der Waals surface area contributed by atoms with Crippen molar-refractivity contribution in [3.8, 4) is 22.6 Å². The Labute approximate surface area is 162 Å². The first-order valence-electron chi connectivity index (χ1n) is 8.81. The van der Waals surface area contributed by atoms with Crippen molar-refractivity contribution >= 4 is 11.7 Å². The van der Waals surface area contributed by atoms with Gasteiger partial charge in [0.25, 0.3) is 5.91 Å². The molecule has 3 aromatic heterocycles. The van der Waals surface area contributed by atoms with E-state index >= 15 is 0 Å². The molecule has 1 N–H and O–H groups in total. The summed E-state index contributed by atoms with van der Waals surface area (Å²) in [4.78, 5) is 25.0. The maximum absolute atomic E-state index is 12.4. The molecule has 0 spiro atoms. The van der Waals surface area contributed by atoms with Crippen LogP contribution in [0.4, 0.5) is 5.82 Å². The molecule has 0 bridgehead atoms. The van der Waals surface area contributed by atoms with E-state index in [0.717, 1.165) is 27.8 Å². The molecule has 4 rings (SSSR count). The summed E-state index contributed by atoms with van der Waals surface area (Å²) in [6.07, 6.45) is 8.19. The zero-order valence-electron chi connectivity index (χ0n) is 15.5. The van der Waals surface area contributed by atoms with Gasteiger partial charge in [0.1, 0.15) is 12.1 Å². The van der Waals surface area contributed by atoms with Gasteiger partial charge in [0.05, 0.1) is 6.20 Å². The fourth-order valence-electron chi connectivity index (χ4n) is 2.97. The molecule has 0 saturated heterocycles. The van der Waals surface area contributed by atoms with Gasteiger partial charge in [-0.3, -0.25) is 9.78 Å². The predicted octanol–water partition coefficient (Wildman–Crippen LogP) is 4.67. The van der Waals surface area contributed by atoms with Gasteiger partial charge < -0.3 is 9.73 Å². The SMILES string of the molecule is Cc1cnccc1C(=O)Nc1ccc(-c2cc(-c3ncco3)ccc2C)cn1. The van der Waals surface area contributed by atoms with Crippen LogP contribution in [0.5, 0.6) is 0 Å². The van der Waals surface area contributed by atoms with E-state index in [0.29, 0.717) is 17.3 Å². The summed E-state index contributed by atoms with van der Waals surface area (Å²) in [6, 6.07) is 11.4. The van der Waals surface area contributed by atoms with Gasteiger partial charge in [-0.1, -0.05) is 6.07 Å². The van der Waals surface area contributed by atoms with E-state index in [2.05, 4.69) is 20.3 Å². The van der Waals surface area contributed by atoms with Crippen molar-refractivity contribution in [2.45, 2.75) is 13.8 Å². The predicted molar refractivity (Wildman–Crippen MR) is 107 cm³/mol. The lowest BCUT2D eigenvalue weighted by Crippen LogP contribution is -2.14. The van der Waals surface area contributed by atoms with E-state index < -0.39 is 0 Å². The Morgan fingerprint density at radius 3 is 2.50 bits per heavy atom. The van der Waals surface area contributed by atoms with Crippen LogP contribution >= 0.6 is 0 Å². The molecule has 6 heteroatoms. The standard InChI is InChI=1S/C22H18N4O2/c1-14-3-4-16(22-24-9-10-28-22)11-19(14)17-5-6-20(25-13-17)26-21(27)18-7-8-23-12-15(18)2/h3-13H,1-2H3,(H,25,26,27). The fourth-order valence-corrected chi connectivity index (χ4v) is 2.97. The molecule has 0 fully saturated rings. The summed E-state index contributed by atoms with van der Waals surface area (Å²) in [5.41, 5.74) is 5.39. The molecule has 0 saturated carbocycles. The van der Waals surface area contributed by atoms with E-state index in [4.69, 9.17) is 4.42 Å². The molecule has 0 aliphatic heterocycles. The minimum Gasteiger partial charge on any atom is -0.445 e. The Morgan fingerprint density at radius 2 is 1.79 bits per heavy atom. The van der Waals surface area contributed by atoms with Gasteiger partial charge in [0, 0.05) is 35.3 Å². The normalized spacial score (nSPS) is 10.6. The first-order chi connectivity index (χ1) is 13.6. The number of carbonyl (C=O) groups excluding carboxylic acids is 1.